The summed E-state index contributed by atoms with van der Waals surface area (Å²) < 4.78 is 0. The minimum atomic E-state index is -1.62. The molecule has 0 saturated heterocycles. The van der Waals surface area contributed by atoms with Crippen LogP contribution in [0.25, 0.3) is 0 Å². The first kappa shape index (κ1) is 15.7. The third-order valence-corrected chi connectivity index (χ3v) is 11.1. The summed E-state index contributed by atoms with van der Waals surface area (Å²) in [5.41, 5.74) is 0. The van der Waals surface area contributed by atoms with Crippen LogP contribution >= 0.6 is 0 Å². The third kappa shape index (κ3) is 3.10. The van der Waals surface area contributed by atoms with Gasteiger partial charge in [0.2, 0.25) is 0 Å². The molecule has 0 saturated carbocycles. The standard InChI is InChI=1S/C11H24BNO2Si/c1-5-16(6-2,7-3)11(4,10-13)8-9-12(14)15/h14-15H,5-9H2,1-4H3. The molecule has 0 bridgehead atoms. The quantitative estimate of drug-likeness (QED) is 0.673. The second kappa shape index (κ2) is 6.43. The fraction of sp³-hybridized carbons (Fsp3) is 0.909. The van der Waals surface area contributed by atoms with Crippen molar-refractivity contribution in [1.29, 1.82) is 5.26 Å². The zero-order chi connectivity index (χ0) is 12.8. The molecule has 0 fully saturated rings. The van der Waals surface area contributed by atoms with Gasteiger partial charge in [0.1, 0.15) is 0 Å². The molecule has 0 aliphatic carbocycles. The van der Waals surface area contributed by atoms with Crippen molar-refractivity contribution in [1.82, 2.24) is 0 Å². The van der Waals surface area contributed by atoms with Gasteiger partial charge < -0.3 is 10.0 Å². The van der Waals surface area contributed by atoms with Crippen molar-refractivity contribution in [3.63, 3.8) is 0 Å². The van der Waals surface area contributed by atoms with Gasteiger partial charge in [-0.05, 0) is 19.7 Å². The van der Waals surface area contributed by atoms with Crippen LogP contribution in [-0.2, 0) is 0 Å². The van der Waals surface area contributed by atoms with Gasteiger partial charge >= 0.3 is 7.12 Å². The lowest BCUT2D eigenvalue weighted by atomic mass is 9.81. The normalized spacial score (nSPS) is 15.3. The number of rotatable bonds is 7. The Bertz CT molecular complexity index is 243. The van der Waals surface area contributed by atoms with Crippen LogP contribution in [0.15, 0.2) is 0 Å². The van der Waals surface area contributed by atoms with Crippen LogP contribution < -0.4 is 0 Å². The van der Waals surface area contributed by atoms with Crippen LogP contribution in [0.2, 0.25) is 29.5 Å². The van der Waals surface area contributed by atoms with Crippen molar-refractivity contribution in [3.8, 4) is 6.07 Å². The van der Waals surface area contributed by atoms with Crippen molar-refractivity contribution in [3.05, 3.63) is 0 Å². The lowest BCUT2D eigenvalue weighted by Crippen LogP contribution is -2.44. The van der Waals surface area contributed by atoms with E-state index in [-0.39, 0.29) is 5.04 Å². The minimum Gasteiger partial charge on any atom is -0.427 e. The first-order valence-electron chi connectivity index (χ1n) is 6.18. The third-order valence-electron chi connectivity index (χ3n) is 4.35. The van der Waals surface area contributed by atoms with Gasteiger partial charge in [0.05, 0.1) is 14.1 Å². The van der Waals surface area contributed by atoms with Gasteiger partial charge in [-0.25, -0.2) is 0 Å². The van der Waals surface area contributed by atoms with Gasteiger partial charge in [-0.1, -0.05) is 38.9 Å². The molecule has 0 rings (SSSR count). The summed E-state index contributed by atoms with van der Waals surface area (Å²) in [5, 5.41) is 27.0. The van der Waals surface area contributed by atoms with E-state index in [1.54, 1.807) is 0 Å². The average molecular weight is 241 g/mol. The second-order valence-corrected chi connectivity index (χ2v) is 10.6. The largest absolute Gasteiger partial charge is 0.451 e. The van der Waals surface area contributed by atoms with Gasteiger partial charge in [0.15, 0.2) is 0 Å². The van der Waals surface area contributed by atoms with Crippen molar-refractivity contribution in [2.45, 2.75) is 63.6 Å². The molecular weight excluding hydrogens is 217 g/mol. The van der Waals surface area contributed by atoms with Crippen LogP contribution in [0.3, 0.4) is 0 Å². The number of hydrogen-bond acceptors (Lipinski definition) is 3. The van der Waals surface area contributed by atoms with Gasteiger partial charge in [0.25, 0.3) is 0 Å². The number of nitrogens with zero attached hydrogens (tertiary/aromatic N) is 1. The molecule has 92 valence electrons. The maximum Gasteiger partial charge on any atom is 0.451 e. The monoisotopic (exact) mass is 241 g/mol. The van der Waals surface area contributed by atoms with Crippen molar-refractivity contribution in [2.75, 3.05) is 0 Å². The SMILES string of the molecule is CC[Si](CC)(CC)C(C)(C#N)CCB(O)O. The Balaban J connectivity index is 4.97. The van der Waals surface area contributed by atoms with Gasteiger partial charge in [0, 0.05) is 5.04 Å². The molecule has 1 unspecified atom stereocenters. The Kier molecular flexibility index (Phi) is 6.31. The molecule has 0 aliphatic heterocycles. The fourth-order valence-electron chi connectivity index (χ4n) is 2.78. The Morgan fingerprint density at radius 3 is 1.88 bits per heavy atom. The van der Waals surface area contributed by atoms with E-state index in [2.05, 4.69) is 26.8 Å². The summed E-state index contributed by atoms with van der Waals surface area (Å²) in [5.74, 6) is 0. The van der Waals surface area contributed by atoms with Crippen molar-refractivity contribution >= 4 is 15.2 Å². The van der Waals surface area contributed by atoms with E-state index in [1.807, 2.05) is 6.92 Å². The van der Waals surface area contributed by atoms with Crippen molar-refractivity contribution < 1.29 is 10.0 Å². The first-order valence-corrected chi connectivity index (χ1v) is 8.81. The Hall–Kier alpha value is -0.308. The highest BCUT2D eigenvalue weighted by Crippen LogP contribution is 2.48. The molecule has 0 aromatic rings. The molecule has 16 heavy (non-hydrogen) atoms. The van der Waals surface area contributed by atoms with E-state index >= 15 is 0 Å². The highest BCUT2D eigenvalue weighted by atomic mass is 28.3. The molecule has 5 heteroatoms. The molecule has 0 spiro atoms. The van der Waals surface area contributed by atoms with Crippen LogP contribution in [-0.4, -0.2) is 25.2 Å². The van der Waals surface area contributed by atoms with E-state index < -0.39 is 15.2 Å². The molecule has 0 aliphatic rings. The lowest BCUT2D eigenvalue weighted by molar-refractivity contribution is 0.399. The first-order chi connectivity index (χ1) is 7.41. The van der Waals surface area contributed by atoms with E-state index in [4.69, 9.17) is 10.0 Å². The predicted molar refractivity (Wildman–Crippen MR) is 70.8 cm³/mol. The highest BCUT2D eigenvalue weighted by Gasteiger charge is 2.46. The highest BCUT2D eigenvalue weighted by molar-refractivity contribution is 6.83. The summed E-state index contributed by atoms with van der Waals surface area (Å²) in [6.07, 6.45) is 0.904. The maximum absolute atomic E-state index is 9.45. The van der Waals surface area contributed by atoms with E-state index in [0.29, 0.717) is 12.7 Å². The summed E-state index contributed by atoms with van der Waals surface area (Å²) in [6.45, 7) is 8.52. The number of hydrogen-bond donors (Lipinski definition) is 2. The number of nitriles is 1. The average Bonchev–Trinajstić information content (AvgIpc) is 2.29. The molecule has 1 atom stereocenters. The summed E-state index contributed by atoms with van der Waals surface area (Å²) in [6, 6.07) is 5.73. The molecule has 0 radical (unpaired) electrons. The van der Waals surface area contributed by atoms with Gasteiger partial charge in [-0.15, -0.1) is 0 Å². The molecular formula is C11H24BNO2Si. The molecule has 0 aromatic heterocycles. The van der Waals surface area contributed by atoms with Crippen molar-refractivity contribution in [2.24, 2.45) is 0 Å². The molecule has 0 amide bonds. The zero-order valence-electron chi connectivity index (χ0n) is 11.0. The summed E-state index contributed by atoms with van der Waals surface area (Å²) >= 11 is 0. The van der Waals surface area contributed by atoms with E-state index in [9.17, 15) is 5.26 Å². The molecule has 3 nitrogen and oxygen atoms in total. The Morgan fingerprint density at radius 2 is 1.62 bits per heavy atom. The fourth-order valence-corrected chi connectivity index (χ4v) is 7.53. The second-order valence-electron chi connectivity index (χ2n) is 4.80. The minimum absolute atomic E-state index is 0.304. The molecule has 0 aromatic carbocycles. The maximum atomic E-state index is 9.45. The molecule has 2 N–H and O–H groups in total. The van der Waals surface area contributed by atoms with E-state index in [1.165, 1.54) is 0 Å². The molecule has 0 heterocycles. The zero-order valence-corrected chi connectivity index (χ0v) is 12.0. The van der Waals surface area contributed by atoms with Gasteiger partial charge in [-0.3, -0.25) is 0 Å². The van der Waals surface area contributed by atoms with Crippen LogP contribution in [0.1, 0.15) is 34.1 Å². The van der Waals surface area contributed by atoms with Crippen LogP contribution in [0.4, 0.5) is 0 Å². The lowest BCUT2D eigenvalue weighted by Gasteiger charge is -2.41. The summed E-state index contributed by atoms with van der Waals surface area (Å²) in [4.78, 5) is 0. The van der Waals surface area contributed by atoms with Crippen LogP contribution in [0.5, 0.6) is 0 Å². The van der Waals surface area contributed by atoms with Gasteiger partial charge in [-0.2, -0.15) is 5.26 Å². The summed E-state index contributed by atoms with van der Waals surface area (Å²) in [7, 11) is -2.91. The van der Waals surface area contributed by atoms with Crippen LogP contribution in [0, 0.1) is 11.3 Å². The smallest absolute Gasteiger partial charge is 0.427 e. The Morgan fingerprint density at radius 1 is 1.19 bits per heavy atom. The van der Waals surface area contributed by atoms with E-state index in [0.717, 1.165) is 18.1 Å². The topological polar surface area (TPSA) is 64.2 Å². The predicted octanol–water partition coefficient (Wildman–Crippen LogP) is 2.64. The Labute approximate surface area is 101 Å².